The van der Waals surface area contributed by atoms with E-state index in [9.17, 15) is 0 Å². The van der Waals surface area contributed by atoms with Crippen LogP contribution in [0.4, 0.5) is 0 Å². The van der Waals surface area contributed by atoms with Gasteiger partial charge >= 0.3 is 0 Å². The van der Waals surface area contributed by atoms with Crippen molar-refractivity contribution in [2.45, 2.75) is 26.4 Å². The van der Waals surface area contributed by atoms with Crippen LogP contribution in [0.2, 0.25) is 0 Å². The third-order valence-electron chi connectivity index (χ3n) is 2.43. The van der Waals surface area contributed by atoms with E-state index in [1.165, 1.54) is 0 Å². The minimum Gasteiger partial charge on any atom is -0.493 e. The van der Waals surface area contributed by atoms with E-state index >= 15 is 0 Å². The van der Waals surface area contributed by atoms with Gasteiger partial charge in [0.05, 0.1) is 25.4 Å². The molecule has 0 bridgehead atoms. The lowest BCUT2D eigenvalue weighted by Gasteiger charge is -2.18. The smallest absolute Gasteiger partial charge is 0.205 e. The maximum Gasteiger partial charge on any atom is 0.205 e. The first kappa shape index (κ1) is 17.2. The van der Waals surface area contributed by atoms with Gasteiger partial charge in [0.2, 0.25) is 5.75 Å². The molecule has 0 aliphatic heterocycles. The Bertz CT molecular complexity index is 499. The predicted octanol–water partition coefficient (Wildman–Crippen LogP) is 2.20. The summed E-state index contributed by atoms with van der Waals surface area (Å²) in [5.74, 6) is 7.38. The molecule has 0 amide bonds. The molecule has 5 heteroatoms. The molecular formula is C16H22O5. The lowest BCUT2D eigenvalue weighted by atomic mass is 10.1. The first-order valence-electron chi connectivity index (χ1n) is 6.73. The van der Waals surface area contributed by atoms with Gasteiger partial charge in [0.25, 0.3) is 0 Å². The van der Waals surface area contributed by atoms with Gasteiger partial charge in [-0.05, 0) is 26.0 Å². The fourth-order valence-electron chi connectivity index (χ4n) is 1.63. The van der Waals surface area contributed by atoms with Crippen molar-refractivity contribution in [3.63, 3.8) is 0 Å². The monoisotopic (exact) mass is 294 g/mol. The molecule has 0 aromatic heterocycles. The Hall–Kier alpha value is -1.90. The van der Waals surface area contributed by atoms with Crippen LogP contribution in [-0.2, 0) is 4.74 Å². The third-order valence-corrected chi connectivity index (χ3v) is 2.43. The van der Waals surface area contributed by atoms with Gasteiger partial charge in [-0.15, -0.1) is 0 Å². The summed E-state index contributed by atoms with van der Waals surface area (Å²) in [5, 5.41) is 8.81. The van der Waals surface area contributed by atoms with Gasteiger partial charge in [0.15, 0.2) is 18.3 Å². The van der Waals surface area contributed by atoms with E-state index in [2.05, 4.69) is 11.8 Å². The van der Waals surface area contributed by atoms with Crippen molar-refractivity contribution in [2.75, 3.05) is 27.6 Å². The third kappa shape index (κ3) is 5.18. The molecule has 1 aromatic rings. The van der Waals surface area contributed by atoms with E-state index in [4.69, 9.17) is 24.1 Å². The standard InChI is InChI=1S/C16H22O5/c1-12(2)21-16-14(19-4)9-8-13(7-5-6-10-17)15(16)20-11-18-3/h8-9,12,17H,6,10-11H2,1-4H3. The summed E-state index contributed by atoms with van der Waals surface area (Å²) in [5.41, 5.74) is 0.664. The second kappa shape index (κ2) is 9.11. The highest BCUT2D eigenvalue weighted by molar-refractivity contribution is 5.60. The number of ether oxygens (including phenoxy) is 4. The Labute approximate surface area is 125 Å². The van der Waals surface area contributed by atoms with E-state index in [-0.39, 0.29) is 19.5 Å². The average Bonchev–Trinajstić information content (AvgIpc) is 2.46. The molecule has 1 N–H and O–H groups in total. The van der Waals surface area contributed by atoms with Crippen LogP contribution in [0.3, 0.4) is 0 Å². The van der Waals surface area contributed by atoms with Gasteiger partial charge < -0.3 is 24.1 Å². The van der Waals surface area contributed by atoms with Gasteiger partial charge in [0, 0.05) is 13.5 Å². The highest BCUT2D eigenvalue weighted by Crippen LogP contribution is 2.40. The number of benzene rings is 1. The largest absolute Gasteiger partial charge is 0.493 e. The molecule has 0 aliphatic carbocycles. The van der Waals surface area contributed by atoms with Gasteiger partial charge in [-0.1, -0.05) is 11.8 Å². The molecule has 0 saturated heterocycles. The fourth-order valence-corrected chi connectivity index (χ4v) is 1.63. The van der Waals surface area contributed by atoms with E-state index in [0.29, 0.717) is 29.2 Å². The Kier molecular flexibility index (Phi) is 7.44. The zero-order valence-corrected chi connectivity index (χ0v) is 12.9. The first-order chi connectivity index (χ1) is 10.1. The van der Waals surface area contributed by atoms with Gasteiger partial charge in [0.1, 0.15) is 0 Å². The number of hydrogen-bond donors (Lipinski definition) is 1. The van der Waals surface area contributed by atoms with Crippen molar-refractivity contribution in [1.82, 2.24) is 0 Å². The van der Waals surface area contributed by atoms with Crippen LogP contribution >= 0.6 is 0 Å². The number of rotatable bonds is 7. The number of aliphatic hydroxyl groups excluding tert-OH is 1. The van der Waals surface area contributed by atoms with Crippen molar-refractivity contribution in [1.29, 1.82) is 0 Å². The molecule has 0 fully saturated rings. The maximum atomic E-state index is 8.81. The van der Waals surface area contributed by atoms with E-state index < -0.39 is 0 Å². The van der Waals surface area contributed by atoms with Crippen LogP contribution in [0.5, 0.6) is 17.2 Å². The quantitative estimate of drug-likeness (QED) is 0.617. The van der Waals surface area contributed by atoms with E-state index in [1.807, 2.05) is 13.8 Å². The van der Waals surface area contributed by atoms with Crippen molar-refractivity contribution >= 4 is 0 Å². The molecule has 5 nitrogen and oxygen atoms in total. The number of hydrogen-bond acceptors (Lipinski definition) is 5. The Balaban J connectivity index is 3.26. The van der Waals surface area contributed by atoms with Crippen molar-refractivity contribution in [2.24, 2.45) is 0 Å². The molecule has 0 spiro atoms. The topological polar surface area (TPSA) is 57.2 Å². The molecule has 0 saturated carbocycles. The Morgan fingerprint density at radius 1 is 1.19 bits per heavy atom. The molecule has 0 aliphatic rings. The Morgan fingerprint density at radius 3 is 2.52 bits per heavy atom. The van der Waals surface area contributed by atoms with Crippen LogP contribution in [0.25, 0.3) is 0 Å². The molecule has 1 rings (SSSR count). The fraction of sp³-hybridized carbons (Fsp3) is 0.500. The average molecular weight is 294 g/mol. The molecule has 0 atom stereocenters. The maximum absolute atomic E-state index is 8.81. The molecule has 21 heavy (non-hydrogen) atoms. The molecule has 0 radical (unpaired) electrons. The zero-order valence-electron chi connectivity index (χ0n) is 12.9. The van der Waals surface area contributed by atoms with Gasteiger partial charge in [-0.2, -0.15) is 0 Å². The summed E-state index contributed by atoms with van der Waals surface area (Å²) in [4.78, 5) is 0. The van der Waals surface area contributed by atoms with Gasteiger partial charge in [-0.3, -0.25) is 0 Å². The molecule has 116 valence electrons. The van der Waals surface area contributed by atoms with Crippen molar-refractivity contribution < 1.29 is 24.1 Å². The second-order valence-corrected chi connectivity index (χ2v) is 4.47. The zero-order chi connectivity index (χ0) is 15.7. The van der Waals surface area contributed by atoms with E-state index in [1.54, 1.807) is 26.4 Å². The first-order valence-corrected chi connectivity index (χ1v) is 6.73. The minimum absolute atomic E-state index is 0.0206. The summed E-state index contributed by atoms with van der Waals surface area (Å²) in [6.07, 6.45) is 0.361. The predicted molar refractivity (Wildman–Crippen MR) is 79.8 cm³/mol. The summed E-state index contributed by atoms with van der Waals surface area (Å²) in [6.45, 7) is 3.94. The summed E-state index contributed by atoms with van der Waals surface area (Å²) in [7, 11) is 3.11. The summed E-state index contributed by atoms with van der Waals surface area (Å²) < 4.78 is 21.7. The summed E-state index contributed by atoms with van der Waals surface area (Å²) >= 11 is 0. The normalized spacial score (nSPS) is 10.0. The highest BCUT2D eigenvalue weighted by Gasteiger charge is 2.17. The number of aliphatic hydroxyl groups is 1. The van der Waals surface area contributed by atoms with Gasteiger partial charge in [-0.25, -0.2) is 0 Å². The van der Waals surface area contributed by atoms with E-state index in [0.717, 1.165) is 0 Å². The summed E-state index contributed by atoms with van der Waals surface area (Å²) in [6, 6.07) is 3.57. The molecular weight excluding hydrogens is 272 g/mol. The second-order valence-electron chi connectivity index (χ2n) is 4.47. The molecule has 0 unspecified atom stereocenters. The molecule has 1 aromatic carbocycles. The van der Waals surface area contributed by atoms with Crippen LogP contribution in [0.1, 0.15) is 25.8 Å². The van der Waals surface area contributed by atoms with Crippen LogP contribution in [0, 0.1) is 11.8 Å². The van der Waals surface area contributed by atoms with Crippen LogP contribution < -0.4 is 14.2 Å². The van der Waals surface area contributed by atoms with Crippen LogP contribution in [0.15, 0.2) is 12.1 Å². The van der Waals surface area contributed by atoms with Crippen LogP contribution in [-0.4, -0.2) is 38.8 Å². The number of methoxy groups -OCH3 is 2. The lowest BCUT2D eigenvalue weighted by molar-refractivity contribution is 0.0471. The minimum atomic E-state index is -0.0376. The Morgan fingerprint density at radius 2 is 1.95 bits per heavy atom. The lowest BCUT2D eigenvalue weighted by Crippen LogP contribution is -2.10. The van der Waals surface area contributed by atoms with Crippen molar-refractivity contribution in [3.8, 4) is 29.1 Å². The highest BCUT2D eigenvalue weighted by atomic mass is 16.7. The SMILES string of the molecule is COCOc1c(C#CCCO)ccc(OC)c1OC(C)C. The van der Waals surface area contributed by atoms with Crippen molar-refractivity contribution in [3.05, 3.63) is 17.7 Å². The molecule has 0 heterocycles.